The number of halogens is 1. The number of hydrogen-bond donors (Lipinski definition) is 1. The van der Waals surface area contributed by atoms with E-state index in [1.807, 2.05) is 6.92 Å². The van der Waals surface area contributed by atoms with Crippen LogP contribution in [-0.4, -0.2) is 10.9 Å². The number of aromatic hydroxyl groups is 1. The topological polar surface area (TPSA) is 37.3 Å². The van der Waals surface area contributed by atoms with Crippen LogP contribution in [-0.2, 0) is 12.8 Å². The summed E-state index contributed by atoms with van der Waals surface area (Å²) in [6.45, 7) is 4.91. The molecule has 0 radical (unpaired) electrons. The summed E-state index contributed by atoms with van der Waals surface area (Å²) in [7, 11) is 0. The second-order valence-electron chi connectivity index (χ2n) is 3.49. The molecular weight excluding hydrogens is 195 g/mol. The largest absolute Gasteiger partial charge is 0.507 e. The van der Waals surface area contributed by atoms with E-state index in [0.29, 0.717) is 24.0 Å². The van der Waals surface area contributed by atoms with E-state index in [0.717, 1.165) is 0 Å². The number of carbonyl (C=O) groups excluding carboxylic acids is 1. The Hall–Kier alpha value is -1.38. The van der Waals surface area contributed by atoms with Crippen LogP contribution in [0.5, 0.6) is 5.75 Å². The third-order valence-electron chi connectivity index (χ3n) is 2.50. The Morgan fingerprint density at radius 3 is 2.40 bits per heavy atom. The summed E-state index contributed by atoms with van der Waals surface area (Å²) < 4.78 is 13.8. The van der Waals surface area contributed by atoms with Crippen molar-refractivity contribution in [3.8, 4) is 5.75 Å². The zero-order valence-corrected chi connectivity index (χ0v) is 9.22. The SMILES string of the molecule is CCc1cc(O)c(C(C)=O)c(CC)c1F. The Morgan fingerprint density at radius 1 is 1.40 bits per heavy atom. The lowest BCUT2D eigenvalue weighted by Gasteiger charge is -2.11. The van der Waals surface area contributed by atoms with E-state index in [4.69, 9.17) is 0 Å². The van der Waals surface area contributed by atoms with E-state index >= 15 is 0 Å². The predicted molar refractivity (Wildman–Crippen MR) is 56.8 cm³/mol. The minimum Gasteiger partial charge on any atom is -0.507 e. The van der Waals surface area contributed by atoms with Crippen LogP contribution in [0.2, 0.25) is 0 Å². The van der Waals surface area contributed by atoms with E-state index < -0.39 is 0 Å². The highest BCUT2D eigenvalue weighted by atomic mass is 19.1. The Morgan fingerprint density at radius 2 is 2.00 bits per heavy atom. The fourth-order valence-electron chi connectivity index (χ4n) is 1.74. The Balaban J connectivity index is 3.53. The van der Waals surface area contributed by atoms with Crippen LogP contribution in [0.3, 0.4) is 0 Å². The normalized spacial score (nSPS) is 10.4. The second-order valence-corrected chi connectivity index (χ2v) is 3.49. The first-order valence-electron chi connectivity index (χ1n) is 5.07. The van der Waals surface area contributed by atoms with E-state index in [1.54, 1.807) is 6.92 Å². The molecule has 0 fully saturated rings. The molecule has 3 heteroatoms. The Labute approximate surface area is 88.7 Å². The van der Waals surface area contributed by atoms with Gasteiger partial charge in [-0.3, -0.25) is 4.79 Å². The maximum Gasteiger partial charge on any atom is 0.163 e. The van der Waals surface area contributed by atoms with Gasteiger partial charge in [-0.1, -0.05) is 13.8 Å². The lowest BCUT2D eigenvalue weighted by Crippen LogP contribution is -2.05. The summed E-state index contributed by atoms with van der Waals surface area (Å²) in [6, 6.07) is 1.34. The van der Waals surface area contributed by atoms with E-state index in [2.05, 4.69) is 0 Å². The zero-order valence-electron chi connectivity index (χ0n) is 9.22. The molecule has 0 aromatic heterocycles. The van der Waals surface area contributed by atoms with Crippen molar-refractivity contribution in [3.05, 3.63) is 28.6 Å². The fraction of sp³-hybridized carbons (Fsp3) is 0.417. The highest BCUT2D eigenvalue weighted by molar-refractivity contribution is 5.98. The standard InChI is InChI=1S/C12H15FO2/c1-4-8-6-10(15)11(7(3)14)9(5-2)12(8)13/h6,15H,4-5H2,1-3H3. The van der Waals surface area contributed by atoms with Gasteiger partial charge < -0.3 is 5.11 Å². The van der Waals surface area contributed by atoms with Crippen molar-refractivity contribution >= 4 is 5.78 Å². The first-order chi connectivity index (χ1) is 7.02. The summed E-state index contributed by atoms with van der Waals surface area (Å²) in [5, 5.41) is 9.64. The van der Waals surface area contributed by atoms with Crippen molar-refractivity contribution in [2.24, 2.45) is 0 Å². The lowest BCUT2D eigenvalue weighted by atomic mass is 9.96. The third kappa shape index (κ3) is 2.01. The number of ketones is 1. The maximum absolute atomic E-state index is 13.8. The van der Waals surface area contributed by atoms with Crippen molar-refractivity contribution in [2.45, 2.75) is 33.6 Å². The molecule has 0 heterocycles. The van der Waals surface area contributed by atoms with Crippen LogP contribution in [0.1, 0.15) is 42.3 Å². The van der Waals surface area contributed by atoms with Crippen LogP contribution in [0.15, 0.2) is 6.07 Å². The molecule has 0 atom stereocenters. The molecule has 0 aliphatic rings. The number of phenolic OH excluding ortho intramolecular Hbond substituents is 1. The van der Waals surface area contributed by atoms with Crippen molar-refractivity contribution in [1.82, 2.24) is 0 Å². The highest BCUT2D eigenvalue weighted by Crippen LogP contribution is 2.28. The summed E-state index contributed by atoms with van der Waals surface area (Å²) in [5.74, 6) is -0.772. The van der Waals surface area contributed by atoms with E-state index in [9.17, 15) is 14.3 Å². The number of phenols is 1. The van der Waals surface area contributed by atoms with Crippen molar-refractivity contribution < 1.29 is 14.3 Å². The minimum absolute atomic E-state index is 0.113. The smallest absolute Gasteiger partial charge is 0.163 e. The first kappa shape index (κ1) is 11.7. The number of hydrogen-bond acceptors (Lipinski definition) is 2. The maximum atomic E-state index is 13.8. The van der Waals surface area contributed by atoms with Crippen LogP contribution >= 0.6 is 0 Å². The zero-order chi connectivity index (χ0) is 11.6. The van der Waals surface area contributed by atoms with Gasteiger partial charge in [0.05, 0.1) is 5.56 Å². The summed E-state index contributed by atoms with van der Waals surface area (Å²) in [5.41, 5.74) is 0.890. The molecule has 0 bridgehead atoms. The van der Waals surface area contributed by atoms with Gasteiger partial charge in [-0.2, -0.15) is 0 Å². The number of rotatable bonds is 3. The molecule has 0 unspecified atom stereocenters. The molecule has 15 heavy (non-hydrogen) atoms. The quantitative estimate of drug-likeness (QED) is 0.779. The molecule has 0 aliphatic carbocycles. The van der Waals surface area contributed by atoms with Gasteiger partial charge in [0, 0.05) is 5.56 Å². The van der Waals surface area contributed by atoms with E-state index in [-0.39, 0.29) is 22.9 Å². The first-order valence-corrected chi connectivity index (χ1v) is 5.07. The van der Waals surface area contributed by atoms with Crippen molar-refractivity contribution in [2.75, 3.05) is 0 Å². The molecule has 0 saturated carbocycles. The fourth-order valence-corrected chi connectivity index (χ4v) is 1.74. The van der Waals surface area contributed by atoms with Gasteiger partial charge in [-0.25, -0.2) is 4.39 Å². The lowest BCUT2D eigenvalue weighted by molar-refractivity contribution is 0.101. The van der Waals surface area contributed by atoms with E-state index in [1.165, 1.54) is 13.0 Å². The molecule has 82 valence electrons. The van der Waals surface area contributed by atoms with Gasteiger partial charge in [0.25, 0.3) is 0 Å². The van der Waals surface area contributed by atoms with Crippen LogP contribution in [0, 0.1) is 5.82 Å². The van der Waals surface area contributed by atoms with Crippen LogP contribution < -0.4 is 0 Å². The molecule has 1 rings (SSSR count). The number of carbonyl (C=O) groups is 1. The second kappa shape index (κ2) is 4.43. The third-order valence-corrected chi connectivity index (χ3v) is 2.50. The molecule has 0 aliphatic heterocycles. The molecule has 2 nitrogen and oxygen atoms in total. The van der Waals surface area contributed by atoms with Gasteiger partial charge in [-0.05, 0) is 31.4 Å². The molecule has 0 saturated heterocycles. The number of Topliss-reactive ketones (excluding diaryl/α,β-unsaturated/α-hetero) is 1. The van der Waals surface area contributed by atoms with Gasteiger partial charge in [0.2, 0.25) is 0 Å². The van der Waals surface area contributed by atoms with Gasteiger partial charge in [-0.15, -0.1) is 0 Å². The van der Waals surface area contributed by atoms with Crippen LogP contribution in [0.4, 0.5) is 4.39 Å². The number of aryl methyl sites for hydroxylation is 1. The summed E-state index contributed by atoms with van der Waals surface area (Å²) in [4.78, 5) is 11.3. The van der Waals surface area contributed by atoms with Gasteiger partial charge in [0.15, 0.2) is 5.78 Å². The Kier molecular flexibility index (Phi) is 3.45. The van der Waals surface area contributed by atoms with Crippen LogP contribution in [0.25, 0.3) is 0 Å². The average Bonchev–Trinajstić information content (AvgIpc) is 2.19. The molecule has 1 N–H and O–H groups in total. The van der Waals surface area contributed by atoms with Crippen molar-refractivity contribution in [1.29, 1.82) is 0 Å². The molecular formula is C12H15FO2. The summed E-state index contributed by atoms with van der Waals surface area (Å²) >= 11 is 0. The highest BCUT2D eigenvalue weighted by Gasteiger charge is 2.18. The van der Waals surface area contributed by atoms with Crippen molar-refractivity contribution in [3.63, 3.8) is 0 Å². The predicted octanol–water partition coefficient (Wildman–Crippen LogP) is 2.86. The van der Waals surface area contributed by atoms with Gasteiger partial charge >= 0.3 is 0 Å². The number of benzene rings is 1. The molecule has 0 amide bonds. The average molecular weight is 210 g/mol. The monoisotopic (exact) mass is 210 g/mol. The molecule has 0 spiro atoms. The molecule has 1 aromatic rings. The summed E-state index contributed by atoms with van der Waals surface area (Å²) in [6.07, 6.45) is 0.909. The Bertz CT molecular complexity index is 397. The minimum atomic E-state index is -0.358. The molecule has 1 aromatic carbocycles. The van der Waals surface area contributed by atoms with Gasteiger partial charge in [0.1, 0.15) is 11.6 Å².